The first-order chi connectivity index (χ1) is 7.59. The zero-order valence-electron chi connectivity index (χ0n) is 8.85. The van der Waals surface area contributed by atoms with Gasteiger partial charge in [0.2, 0.25) is 0 Å². The van der Waals surface area contributed by atoms with Gasteiger partial charge in [0.05, 0.1) is 0 Å². The average molecular weight is 246 g/mol. The molecule has 0 radical (unpaired) electrons. The third-order valence-electron chi connectivity index (χ3n) is 3.52. The lowest BCUT2D eigenvalue weighted by Gasteiger charge is -2.42. The van der Waals surface area contributed by atoms with Gasteiger partial charge in [-0.15, -0.1) is 0 Å². The predicted molar refractivity (Wildman–Crippen MR) is 61.0 cm³/mol. The van der Waals surface area contributed by atoms with E-state index >= 15 is 0 Å². The first kappa shape index (κ1) is 11.8. The third-order valence-corrected chi connectivity index (χ3v) is 3.84. The lowest BCUT2D eigenvalue weighted by atomic mass is 9.64. The molecule has 4 heteroatoms. The Hall–Kier alpha value is -0.670. The van der Waals surface area contributed by atoms with E-state index in [0.717, 1.165) is 24.8 Å². The summed E-state index contributed by atoms with van der Waals surface area (Å²) in [6.45, 7) is 0.472. The van der Waals surface area contributed by atoms with Crippen molar-refractivity contribution in [2.24, 2.45) is 5.73 Å². The summed E-state index contributed by atoms with van der Waals surface area (Å²) in [6.07, 6.45) is 0.518. The first-order valence-corrected chi connectivity index (χ1v) is 5.75. The van der Waals surface area contributed by atoms with E-state index in [-0.39, 0.29) is 11.0 Å². The molecular weight excluding hydrogens is 232 g/mol. The van der Waals surface area contributed by atoms with Crippen LogP contribution in [0.2, 0.25) is 5.02 Å². The van der Waals surface area contributed by atoms with Gasteiger partial charge in [-0.05, 0) is 30.5 Å². The lowest BCUT2D eigenvalue weighted by Crippen LogP contribution is -2.41. The summed E-state index contributed by atoms with van der Waals surface area (Å²) < 4.78 is 25.2. The molecule has 0 heterocycles. The molecule has 0 atom stereocenters. The van der Waals surface area contributed by atoms with Gasteiger partial charge >= 0.3 is 0 Å². The highest BCUT2D eigenvalue weighted by Gasteiger charge is 2.39. The van der Waals surface area contributed by atoms with Crippen molar-refractivity contribution >= 4 is 11.6 Å². The van der Waals surface area contributed by atoms with Gasteiger partial charge in [0, 0.05) is 22.5 Å². The number of rotatable bonds is 3. The molecule has 0 aromatic heterocycles. The SMILES string of the molecule is NCC1(c2cc(C(F)F)ccc2Cl)CCC1. The maximum atomic E-state index is 12.6. The number of alkyl halides is 2. The molecule has 0 aliphatic heterocycles. The van der Waals surface area contributed by atoms with Crippen molar-refractivity contribution in [2.75, 3.05) is 6.54 Å². The predicted octanol–water partition coefficient (Wildman–Crippen LogP) is 3.66. The van der Waals surface area contributed by atoms with Gasteiger partial charge in [0.1, 0.15) is 0 Å². The van der Waals surface area contributed by atoms with Crippen molar-refractivity contribution in [3.63, 3.8) is 0 Å². The standard InChI is InChI=1S/C12H14ClF2N/c13-10-3-2-8(11(14)15)6-9(10)12(7-16)4-1-5-12/h2-3,6,11H,1,4-5,7,16H2. The number of hydrogen-bond acceptors (Lipinski definition) is 1. The van der Waals surface area contributed by atoms with Gasteiger partial charge in [-0.25, -0.2) is 8.78 Å². The Morgan fingerprint density at radius 3 is 2.50 bits per heavy atom. The van der Waals surface area contributed by atoms with Crippen LogP contribution < -0.4 is 5.73 Å². The van der Waals surface area contributed by atoms with E-state index in [4.69, 9.17) is 17.3 Å². The highest BCUT2D eigenvalue weighted by atomic mass is 35.5. The van der Waals surface area contributed by atoms with Crippen LogP contribution in [-0.4, -0.2) is 6.54 Å². The highest BCUT2D eigenvalue weighted by molar-refractivity contribution is 6.31. The van der Waals surface area contributed by atoms with E-state index in [0.29, 0.717) is 11.6 Å². The van der Waals surface area contributed by atoms with Crippen molar-refractivity contribution in [1.29, 1.82) is 0 Å². The maximum absolute atomic E-state index is 12.6. The van der Waals surface area contributed by atoms with Crippen LogP contribution in [0.3, 0.4) is 0 Å². The van der Waals surface area contributed by atoms with Crippen molar-refractivity contribution in [3.05, 3.63) is 34.3 Å². The lowest BCUT2D eigenvalue weighted by molar-refractivity contribution is 0.150. The van der Waals surface area contributed by atoms with Crippen LogP contribution in [0.1, 0.15) is 36.8 Å². The zero-order valence-corrected chi connectivity index (χ0v) is 9.61. The summed E-state index contributed by atoms with van der Waals surface area (Å²) in [6, 6.07) is 4.44. The number of halogens is 3. The Bertz CT molecular complexity index is 383. The van der Waals surface area contributed by atoms with Crippen LogP contribution in [0.15, 0.2) is 18.2 Å². The molecule has 1 saturated carbocycles. The van der Waals surface area contributed by atoms with Gasteiger partial charge < -0.3 is 5.73 Å². The summed E-state index contributed by atoms with van der Waals surface area (Å²) in [4.78, 5) is 0. The molecule has 1 nitrogen and oxygen atoms in total. The third kappa shape index (κ3) is 1.82. The fourth-order valence-corrected chi connectivity index (χ4v) is 2.59. The van der Waals surface area contributed by atoms with Crippen molar-refractivity contribution < 1.29 is 8.78 Å². The summed E-state index contributed by atoms with van der Waals surface area (Å²) >= 11 is 6.08. The summed E-state index contributed by atoms with van der Waals surface area (Å²) in [7, 11) is 0. The minimum atomic E-state index is -2.45. The maximum Gasteiger partial charge on any atom is 0.263 e. The molecular formula is C12H14ClF2N. The Morgan fingerprint density at radius 1 is 1.38 bits per heavy atom. The Balaban J connectivity index is 2.42. The smallest absolute Gasteiger partial charge is 0.263 e. The van der Waals surface area contributed by atoms with E-state index in [2.05, 4.69) is 0 Å². The summed E-state index contributed by atoms with van der Waals surface area (Å²) in [5.74, 6) is 0. The van der Waals surface area contributed by atoms with E-state index in [9.17, 15) is 8.78 Å². The summed E-state index contributed by atoms with van der Waals surface area (Å²) in [5, 5.41) is 0.551. The molecule has 16 heavy (non-hydrogen) atoms. The van der Waals surface area contributed by atoms with E-state index in [1.165, 1.54) is 12.1 Å². The average Bonchev–Trinajstić information content (AvgIpc) is 2.19. The fourth-order valence-electron chi connectivity index (χ4n) is 2.27. The molecule has 88 valence electrons. The van der Waals surface area contributed by atoms with E-state index < -0.39 is 6.43 Å². The molecule has 1 aliphatic rings. The van der Waals surface area contributed by atoms with Gasteiger partial charge in [-0.3, -0.25) is 0 Å². The van der Waals surface area contributed by atoms with Gasteiger partial charge in [0.15, 0.2) is 0 Å². The fraction of sp³-hybridized carbons (Fsp3) is 0.500. The monoisotopic (exact) mass is 245 g/mol. The molecule has 2 N–H and O–H groups in total. The minimum Gasteiger partial charge on any atom is -0.330 e. The molecule has 1 aromatic rings. The molecule has 0 amide bonds. The molecule has 0 unspecified atom stereocenters. The van der Waals surface area contributed by atoms with Crippen molar-refractivity contribution in [2.45, 2.75) is 31.1 Å². The first-order valence-electron chi connectivity index (χ1n) is 5.37. The van der Waals surface area contributed by atoms with Gasteiger partial charge in [0.25, 0.3) is 6.43 Å². The molecule has 2 rings (SSSR count). The number of benzene rings is 1. The highest BCUT2D eigenvalue weighted by Crippen LogP contribution is 2.46. The van der Waals surface area contributed by atoms with Crippen LogP contribution in [0, 0.1) is 0 Å². The second-order valence-corrected chi connectivity index (χ2v) is 4.79. The summed E-state index contributed by atoms with van der Waals surface area (Å²) in [5.41, 5.74) is 6.40. The molecule has 0 bridgehead atoms. The van der Waals surface area contributed by atoms with Gasteiger partial charge in [-0.2, -0.15) is 0 Å². The number of nitrogens with two attached hydrogens (primary N) is 1. The molecule has 1 aliphatic carbocycles. The van der Waals surface area contributed by atoms with Crippen molar-refractivity contribution in [1.82, 2.24) is 0 Å². The Morgan fingerprint density at radius 2 is 2.06 bits per heavy atom. The minimum absolute atomic E-state index is 0.0270. The Labute approximate surface area is 98.6 Å². The van der Waals surface area contributed by atoms with Crippen LogP contribution in [0.4, 0.5) is 8.78 Å². The second kappa shape index (κ2) is 4.30. The van der Waals surface area contributed by atoms with Crippen LogP contribution >= 0.6 is 11.6 Å². The topological polar surface area (TPSA) is 26.0 Å². The molecule has 1 aromatic carbocycles. The largest absolute Gasteiger partial charge is 0.330 e. The van der Waals surface area contributed by atoms with E-state index in [1.807, 2.05) is 0 Å². The van der Waals surface area contributed by atoms with Crippen molar-refractivity contribution in [3.8, 4) is 0 Å². The molecule has 0 spiro atoms. The van der Waals surface area contributed by atoms with Crippen LogP contribution in [0.5, 0.6) is 0 Å². The molecule has 0 saturated heterocycles. The number of hydrogen-bond donors (Lipinski definition) is 1. The quantitative estimate of drug-likeness (QED) is 0.864. The normalized spacial score (nSPS) is 18.6. The van der Waals surface area contributed by atoms with E-state index in [1.54, 1.807) is 6.07 Å². The Kier molecular flexibility index (Phi) is 3.17. The van der Waals surface area contributed by atoms with Gasteiger partial charge in [-0.1, -0.05) is 24.1 Å². The molecule has 1 fully saturated rings. The van der Waals surface area contributed by atoms with Crippen LogP contribution in [0.25, 0.3) is 0 Å². The van der Waals surface area contributed by atoms with Crippen LogP contribution in [-0.2, 0) is 5.41 Å². The zero-order chi connectivity index (χ0) is 11.8. The second-order valence-electron chi connectivity index (χ2n) is 4.38.